The van der Waals surface area contributed by atoms with Gasteiger partial charge in [0.2, 0.25) is 0 Å². The fourth-order valence-electron chi connectivity index (χ4n) is 1.49. The normalized spacial score (nSPS) is 11.4. The van der Waals surface area contributed by atoms with Gasteiger partial charge in [-0.25, -0.2) is 4.98 Å². The minimum Gasteiger partial charge on any atom is -0.364 e. The SMILES string of the molecule is NC(=O)c1ncc(C(F)(F)F)cc1Sc1ccc(Cl)cc1. The molecule has 3 nitrogen and oxygen atoms in total. The molecular formula is C13H8ClF3N2OS. The molecule has 0 spiro atoms. The molecule has 1 aromatic carbocycles. The maximum Gasteiger partial charge on any atom is 0.417 e. The van der Waals surface area contributed by atoms with E-state index in [0.717, 1.165) is 17.8 Å². The van der Waals surface area contributed by atoms with Crippen LogP contribution in [-0.4, -0.2) is 10.9 Å². The highest BCUT2D eigenvalue weighted by Crippen LogP contribution is 2.35. The number of halogens is 4. The molecule has 0 unspecified atom stereocenters. The second kappa shape index (κ2) is 5.95. The Morgan fingerprint density at radius 2 is 1.86 bits per heavy atom. The second-order valence-corrected chi connectivity index (χ2v) is 5.54. The van der Waals surface area contributed by atoms with Crippen LogP contribution in [0.2, 0.25) is 5.02 Å². The van der Waals surface area contributed by atoms with E-state index in [1.54, 1.807) is 24.3 Å². The number of pyridine rings is 1. The largest absolute Gasteiger partial charge is 0.417 e. The predicted octanol–water partition coefficient (Wildman–Crippen LogP) is 4.00. The van der Waals surface area contributed by atoms with Crippen LogP contribution in [0.1, 0.15) is 16.1 Å². The number of rotatable bonds is 3. The quantitative estimate of drug-likeness (QED) is 0.924. The fourth-order valence-corrected chi connectivity index (χ4v) is 2.58. The standard InChI is InChI=1S/C13H8ClF3N2OS/c14-8-1-3-9(4-2-8)21-10-5-7(13(15,16)17)6-19-11(10)12(18)20/h1-6H,(H2,18,20). The lowest BCUT2D eigenvalue weighted by molar-refractivity contribution is -0.138. The maximum absolute atomic E-state index is 12.7. The number of alkyl halides is 3. The lowest BCUT2D eigenvalue weighted by Gasteiger charge is -2.10. The Kier molecular flexibility index (Phi) is 4.43. The lowest BCUT2D eigenvalue weighted by Crippen LogP contribution is -2.16. The zero-order chi connectivity index (χ0) is 15.6. The fraction of sp³-hybridized carbons (Fsp3) is 0.0769. The van der Waals surface area contributed by atoms with Crippen LogP contribution in [0.3, 0.4) is 0 Å². The van der Waals surface area contributed by atoms with Gasteiger partial charge in [-0.2, -0.15) is 13.2 Å². The van der Waals surface area contributed by atoms with Crippen molar-refractivity contribution in [2.75, 3.05) is 0 Å². The van der Waals surface area contributed by atoms with Gasteiger partial charge in [-0.05, 0) is 30.3 Å². The van der Waals surface area contributed by atoms with Gasteiger partial charge >= 0.3 is 6.18 Å². The van der Waals surface area contributed by atoms with Crippen LogP contribution in [0.5, 0.6) is 0 Å². The zero-order valence-corrected chi connectivity index (χ0v) is 11.9. The van der Waals surface area contributed by atoms with E-state index in [9.17, 15) is 18.0 Å². The summed E-state index contributed by atoms with van der Waals surface area (Å²) in [4.78, 5) is 15.4. The van der Waals surface area contributed by atoms with Crippen LogP contribution in [0, 0.1) is 0 Å². The summed E-state index contributed by atoms with van der Waals surface area (Å²) in [6.45, 7) is 0. The Morgan fingerprint density at radius 3 is 2.38 bits per heavy atom. The van der Waals surface area contributed by atoms with Gasteiger partial charge in [-0.1, -0.05) is 23.4 Å². The molecule has 2 rings (SSSR count). The molecule has 0 saturated carbocycles. The van der Waals surface area contributed by atoms with E-state index < -0.39 is 17.6 Å². The van der Waals surface area contributed by atoms with Crippen molar-refractivity contribution in [3.63, 3.8) is 0 Å². The maximum atomic E-state index is 12.7. The number of aromatic nitrogens is 1. The molecule has 0 aliphatic carbocycles. The third-order valence-corrected chi connectivity index (χ3v) is 3.75. The average Bonchev–Trinajstić information content (AvgIpc) is 2.40. The summed E-state index contributed by atoms with van der Waals surface area (Å²) in [5.41, 5.74) is 3.99. The van der Waals surface area contributed by atoms with Gasteiger partial charge in [0, 0.05) is 21.0 Å². The Bertz CT molecular complexity index is 674. The lowest BCUT2D eigenvalue weighted by atomic mass is 10.2. The van der Waals surface area contributed by atoms with Crippen molar-refractivity contribution in [2.24, 2.45) is 5.73 Å². The number of nitrogens with two attached hydrogens (primary N) is 1. The Labute approximate surface area is 127 Å². The monoisotopic (exact) mass is 332 g/mol. The molecule has 21 heavy (non-hydrogen) atoms. The summed E-state index contributed by atoms with van der Waals surface area (Å²) in [6, 6.07) is 7.28. The van der Waals surface area contributed by atoms with Gasteiger partial charge in [-0.15, -0.1) is 0 Å². The third-order valence-electron chi connectivity index (χ3n) is 2.45. The smallest absolute Gasteiger partial charge is 0.364 e. The first-order chi connectivity index (χ1) is 9.77. The van der Waals surface area contributed by atoms with Gasteiger partial charge in [0.1, 0.15) is 5.69 Å². The van der Waals surface area contributed by atoms with Crippen LogP contribution < -0.4 is 5.73 Å². The van der Waals surface area contributed by atoms with Crippen LogP contribution in [0.25, 0.3) is 0 Å². The molecule has 0 radical (unpaired) electrons. The van der Waals surface area contributed by atoms with Crippen LogP contribution in [0.15, 0.2) is 46.3 Å². The Morgan fingerprint density at radius 1 is 1.24 bits per heavy atom. The average molecular weight is 333 g/mol. The number of benzene rings is 1. The van der Waals surface area contributed by atoms with E-state index in [2.05, 4.69) is 4.98 Å². The first kappa shape index (κ1) is 15.7. The zero-order valence-electron chi connectivity index (χ0n) is 10.3. The molecule has 0 bridgehead atoms. The first-order valence-electron chi connectivity index (χ1n) is 5.58. The van der Waals surface area contributed by atoms with E-state index in [1.807, 2.05) is 0 Å². The summed E-state index contributed by atoms with van der Waals surface area (Å²) < 4.78 is 38.1. The van der Waals surface area contributed by atoms with Crippen LogP contribution in [0.4, 0.5) is 13.2 Å². The van der Waals surface area contributed by atoms with Gasteiger partial charge in [-0.3, -0.25) is 4.79 Å². The number of amides is 1. The number of nitrogens with zero attached hydrogens (tertiary/aromatic N) is 1. The highest BCUT2D eigenvalue weighted by Gasteiger charge is 2.32. The topological polar surface area (TPSA) is 56.0 Å². The van der Waals surface area contributed by atoms with E-state index in [1.165, 1.54) is 0 Å². The Hall–Kier alpha value is -1.73. The summed E-state index contributed by atoms with van der Waals surface area (Å²) in [6.07, 6.45) is -3.95. The van der Waals surface area contributed by atoms with Gasteiger partial charge in [0.15, 0.2) is 0 Å². The number of hydrogen-bond donors (Lipinski definition) is 1. The van der Waals surface area contributed by atoms with Crippen molar-refractivity contribution < 1.29 is 18.0 Å². The summed E-state index contributed by atoms with van der Waals surface area (Å²) in [7, 11) is 0. The molecule has 110 valence electrons. The van der Waals surface area contributed by atoms with Crippen molar-refractivity contribution in [1.29, 1.82) is 0 Å². The first-order valence-corrected chi connectivity index (χ1v) is 6.77. The van der Waals surface area contributed by atoms with E-state index in [0.29, 0.717) is 16.1 Å². The number of carbonyl (C=O) groups excluding carboxylic acids is 1. The van der Waals surface area contributed by atoms with Gasteiger partial charge in [0.25, 0.3) is 5.91 Å². The number of carbonyl (C=O) groups is 1. The minimum atomic E-state index is -4.54. The molecule has 0 fully saturated rings. The highest BCUT2D eigenvalue weighted by atomic mass is 35.5. The molecule has 1 heterocycles. The molecule has 2 aromatic rings. The van der Waals surface area contributed by atoms with Crippen LogP contribution in [-0.2, 0) is 6.18 Å². The molecule has 0 aliphatic heterocycles. The number of primary amides is 1. The molecule has 8 heteroatoms. The molecule has 0 aliphatic rings. The minimum absolute atomic E-state index is 0.0413. The third kappa shape index (κ3) is 3.89. The second-order valence-electron chi connectivity index (χ2n) is 3.99. The summed E-state index contributed by atoms with van der Waals surface area (Å²) in [5, 5.41) is 0.497. The molecule has 1 amide bonds. The van der Waals surface area contributed by atoms with Gasteiger partial charge < -0.3 is 5.73 Å². The van der Waals surface area contributed by atoms with Crippen molar-refractivity contribution >= 4 is 29.3 Å². The molecule has 0 atom stereocenters. The van der Waals surface area contributed by atoms with Crippen molar-refractivity contribution in [1.82, 2.24) is 4.98 Å². The Balaban J connectivity index is 2.43. The summed E-state index contributed by atoms with van der Waals surface area (Å²) >= 11 is 6.70. The predicted molar refractivity (Wildman–Crippen MR) is 73.3 cm³/mol. The van der Waals surface area contributed by atoms with Crippen LogP contribution >= 0.6 is 23.4 Å². The number of hydrogen-bond acceptors (Lipinski definition) is 3. The molecular weight excluding hydrogens is 325 g/mol. The molecule has 1 aromatic heterocycles. The van der Waals surface area contributed by atoms with Gasteiger partial charge in [0.05, 0.1) is 5.56 Å². The van der Waals surface area contributed by atoms with Crippen molar-refractivity contribution in [3.8, 4) is 0 Å². The summed E-state index contributed by atoms with van der Waals surface area (Å²) in [5.74, 6) is -0.889. The van der Waals surface area contributed by atoms with E-state index in [-0.39, 0.29) is 10.6 Å². The highest BCUT2D eigenvalue weighted by molar-refractivity contribution is 7.99. The van der Waals surface area contributed by atoms with E-state index >= 15 is 0 Å². The molecule has 0 saturated heterocycles. The molecule has 2 N–H and O–H groups in total. The van der Waals surface area contributed by atoms with Crippen molar-refractivity contribution in [3.05, 3.63) is 52.8 Å². The van der Waals surface area contributed by atoms with Crippen molar-refractivity contribution in [2.45, 2.75) is 16.0 Å². The van der Waals surface area contributed by atoms with E-state index in [4.69, 9.17) is 17.3 Å².